The van der Waals surface area contributed by atoms with Gasteiger partial charge in [0.2, 0.25) is 5.91 Å². The summed E-state index contributed by atoms with van der Waals surface area (Å²) in [6.07, 6.45) is 49.0. The minimum Gasteiger partial charge on any atom is -0.466 e. The quantitative estimate of drug-likeness (QED) is 0.0149. The van der Waals surface area contributed by atoms with Crippen LogP contribution in [0.1, 0.15) is 245 Å². The molecule has 0 radical (unpaired) electrons. The van der Waals surface area contributed by atoms with E-state index in [4.69, 9.17) is 14.2 Å². The van der Waals surface area contributed by atoms with Crippen LogP contribution in [-0.4, -0.2) is 100 Å². The van der Waals surface area contributed by atoms with Crippen LogP contribution in [0, 0.1) is 0 Å². The van der Waals surface area contributed by atoms with Crippen molar-refractivity contribution in [3.05, 3.63) is 48.6 Å². The van der Waals surface area contributed by atoms with Gasteiger partial charge in [-0.2, -0.15) is 0 Å². The molecule has 1 saturated heterocycles. The lowest BCUT2D eigenvalue weighted by atomic mass is 9.99. The van der Waals surface area contributed by atoms with E-state index in [9.17, 15) is 35.1 Å². The first kappa shape index (κ1) is 64.6. The summed E-state index contributed by atoms with van der Waals surface area (Å²) in [5.74, 6) is -0.257. The number of hydrogen-bond donors (Lipinski definition) is 6. The second kappa shape index (κ2) is 47.9. The lowest BCUT2D eigenvalue weighted by Crippen LogP contribution is -2.60. The highest BCUT2D eigenvalue weighted by Crippen LogP contribution is 2.23. The Kier molecular flexibility index (Phi) is 44.9. The van der Waals surface area contributed by atoms with E-state index in [2.05, 4.69) is 55.6 Å². The first-order valence-electron chi connectivity index (χ1n) is 28.4. The molecular weight excluding hydrogens is 871 g/mol. The summed E-state index contributed by atoms with van der Waals surface area (Å²) < 4.78 is 16.7. The molecule has 11 nitrogen and oxygen atoms in total. The Bertz CT molecular complexity index is 1290. The van der Waals surface area contributed by atoms with Crippen molar-refractivity contribution >= 4 is 11.9 Å². The van der Waals surface area contributed by atoms with Gasteiger partial charge in [0.1, 0.15) is 24.4 Å². The van der Waals surface area contributed by atoms with Crippen molar-refractivity contribution in [2.24, 2.45) is 0 Å². The van der Waals surface area contributed by atoms with Gasteiger partial charge in [-0.15, -0.1) is 0 Å². The fraction of sp³-hybridized carbons (Fsp3) is 0.828. The number of ether oxygens (including phenoxy) is 3. The number of nitrogens with one attached hydrogen (secondary N) is 1. The number of allylic oxidation sites excluding steroid dienone is 7. The molecule has 7 unspecified atom stereocenters. The van der Waals surface area contributed by atoms with Crippen molar-refractivity contribution in [2.45, 2.75) is 288 Å². The molecule has 69 heavy (non-hydrogen) atoms. The molecule has 1 amide bonds. The Labute approximate surface area is 421 Å². The number of rotatable bonds is 48. The lowest BCUT2D eigenvalue weighted by Gasteiger charge is -2.40. The van der Waals surface area contributed by atoms with Gasteiger partial charge in [-0.3, -0.25) is 9.59 Å². The third-order valence-corrected chi connectivity index (χ3v) is 13.2. The highest BCUT2D eigenvalue weighted by molar-refractivity contribution is 5.76. The maximum absolute atomic E-state index is 13.0. The summed E-state index contributed by atoms with van der Waals surface area (Å²) in [5.41, 5.74) is 0. The van der Waals surface area contributed by atoms with Gasteiger partial charge in [0.15, 0.2) is 6.29 Å². The monoisotopic (exact) mass is 976 g/mol. The zero-order valence-electron chi connectivity index (χ0n) is 44.0. The van der Waals surface area contributed by atoms with E-state index >= 15 is 0 Å². The normalized spacial score (nSPS) is 19.7. The maximum atomic E-state index is 13.0. The summed E-state index contributed by atoms with van der Waals surface area (Å²) in [6, 6.07) is -0.827. The number of hydrogen-bond acceptors (Lipinski definition) is 10. The molecular formula is C58H105NO10. The Balaban J connectivity index is 2.20. The molecule has 7 atom stereocenters. The lowest BCUT2D eigenvalue weighted by molar-refractivity contribution is -0.302. The number of aliphatic hydroxyl groups is 5. The number of carbonyl (C=O) groups excluding carboxylic acids is 2. The molecule has 0 aliphatic carbocycles. The number of aliphatic hydroxyl groups excluding tert-OH is 5. The van der Waals surface area contributed by atoms with Crippen LogP contribution in [0.25, 0.3) is 0 Å². The summed E-state index contributed by atoms with van der Waals surface area (Å²) in [7, 11) is 0. The van der Waals surface area contributed by atoms with Crippen LogP contribution < -0.4 is 5.32 Å². The predicted molar refractivity (Wildman–Crippen MR) is 283 cm³/mol. The van der Waals surface area contributed by atoms with Crippen molar-refractivity contribution < 1.29 is 49.3 Å². The Morgan fingerprint density at radius 1 is 0.536 bits per heavy atom. The molecule has 11 heteroatoms. The number of esters is 1. The minimum absolute atomic E-state index is 0.0516. The average Bonchev–Trinajstić information content (AvgIpc) is 3.34. The van der Waals surface area contributed by atoms with Gasteiger partial charge in [0.05, 0.1) is 32.0 Å². The van der Waals surface area contributed by atoms with Crippen LogP contribution in [0.3, 0.4) is 0 Å². The number of amides is 1. The Morgan fingerprint density at radius 2 is 0.971 bits per heavy atom. The predicted octanol–water partition coefficient (Wildman–Crippen LogP) is 12.5. The van der Waals surface area contributed by atoms with E-state index < -0.39 is 49.5 Å². The fourth-order valence-corrected chi connectivity index (χ4v) is 8.59. The topological polar surface area (TPSA) is 175 Å². The molecule has 0 aromatic rings. The van der Waals surface area contributed by atoms with Crippen LogP contribution in [0.4, 0.5) is 0 Å². The third kappa shape index (κ3) is 38.0. The second-order valence-electron chi connectivity index (χ2n) is 19.7. The molecule has 1 heterocycles. The van der Waals surface area contributed by atoms with Crippen LogP contribution in [-0.2, 0) is 23.8 Å². The molecule has 6 N–H and O–H groups in total. The first-order chi connectivity index (χ1) is 33.7. The van der Waals surface area contributed by atoms with Crippen LogP contribution >= 0.6 is 0 Å². The van der Waals surface area contributed by atoms with Crippen LogP contribution in [0.15, 0.2) is 48.6 Å². The van der Waals surface area contributed by atoms with E-state index in [0.29, 0.717) is 19.4 Å². The average molecular weight is 976 g/mol. The van der Waals surface area contributed by atoms with E-state index in [-0.39, 0.29) is 18.5 Å². The molecule has 0 aromatic heterocycles. The zero-order valence-corrected chi connectivity index (χ0v) is 44.0. The maximum Gasteiger partial charge on any atom is 0.305 e. The van der Waals surface area contributed by atoms with Crippen molar-refractivity contribution in [3.8, 4) is 0 Å². The zero-order chi connectivity index (χ0) is 50.3. The molecule has 1 aliphatic rings. The van der Waals surface area contributed by atoms with Crippen LogP contribution in [0.5, 0.6) is 0 Å². The molecule has 1 fully saturated rings. The smallest absolute Gasteiger partial charge is 0.305 e. The molecule has 1 aliphatic heterocycles. The minimum atomic E-state index is -1.58. The van der Waals surface area contributed by atoms with Crippen molar-refractivity contribution in [1.29, 1.82) is 0 Å². The summed E-state index contributed by atoms with van der Waals surface area (Å²) in [4.78, 5) is 25.0. The molecule has 1 rings (SSSR count). The number of carbonyl (C=O) groups is 2. The van der Waals surface area contributed by atoms with Crippen molar-refractivity contribution in [1.82, 2.24) is 5.32 Å². The molecule has 0 saturated carbocycles. The van der Waals surface area contributed by atoms with Crippen molar-refractivity contribution in [2.75, 3.05) is 19.8 Å². The molecule has 0 aromatic carbocycles. The van der Waals surface area contributed by atoms with Gasteiger partial charge >= 0.3 is 5.97 Å². The van der Waals surface area contributed by atoms with E-state index in [1.807, 2.05) is 6.08 Å². The molecule has 0 bridgehead atoms. The summed E-state index contributed by atoms with van der Waals surface area (Å²) in [5, 5.41) is 54.4. The van der Waals surface area contributed by atoms with Gasteiger partial charge in [0, 0.05) is 12.8 Å². The standard InChI is InChI=1S/C58H105NO10/c1-3-5-7-9-11-13-15-17-21-24-28-32-36-40-44-51(61)50(49-68-58-57(66)56(65)55(64)52(48-60)69-58)59-53(62)45-41-37-33-29-25-22-19-18-20-23-27-31-35-39-43-47-67-54(63)46-42-38-34-30-26-16-14-12-10-8-6-4-2/h12,14,18,20,23,27,40,44,50-52,55-58,60-61,64-66H,3-11,13,15-17,19,21-22,24-26,28-39,41-43,45-49H2,1-2H3,(H,59,62)/b14-12-,20-18-,27-23-,44-40+. The Hall–Kier alpha value is -2.38. The van der Waals surface area contributed by atoms with Gasteiger partial charge in [-0.1, -0.05) is 191 Å². The van der Waals surface area contributed by atoms with Crippen LogP contribution in [0.2, 0.25) is 0 Å². The summed E-state index contributed by atoms with van der Waals surface area (Å²) in [6.45, 7) is 4.24. The van der Waals surface area contributed by atoms with E-state index in [1.54, 1.807) is 6.08 Å². The Morgan fingerprint density at radius 3 is 1.51 bits per heavy atom. The SMILES string of the molecule is CCCCC/C=C\CCCCCCCC(=O)OCCCCC/C=C\C=C/CCCCCCCCC(=O)NC(COC1OC(CO)C(O)C(O)C1O)C(O)/C=C/CCCCCCCCCCCCCC. The fourth-order valence-electron chi connectivity index (χ4n) is 8.59. The third-order valence-electron chi connectivity index (χ3n) is 13.2. The van der Waals surface area contributed by atoms with Gasteiger partial charge < -0.3 is 45.1 Å². The first-order valence-corrected chi connectivity index (χ1v) is 28.4. The highest BCUT2D eigenvalue weighted by atomic mass is 16.7. The largest absolute Gasteiger partial charge is 0.466 e. The highest BCUT2D eigenvalue weighted by Gasteiger charge is 2.44. The van der Waals surface area contributed by atoms with E-state index in [1.165, 1.54) is 116 Å². The molecule has 402 valence electrons. The van der Waals surface area contributed by atoms with E-state index in [0.717, 1.165) is 103 Å². The van der Waals surface area contributed by atoms with Gasteiger partial charge in [0.25, 0.3) is 0 Å². The second-order valence-corrected chi connectivity index (χ2v) is 19.7. The van der Waals surface area contributed by atoms with Crippen molar-refractivity contribution in [3.63, 3.8) is 0 Å². The van der Waals surface area contributed by atoms with Gasteiger partial charge in [-0.05, 0) is 89.9 Å². The molecule has 0 spiro atoms. The number of unbranched alkanes of at least 4 members (excludes halogenated alkanes) is 29. The van der Waals surface area contributed by atoms with Gasteiger partial charge in [-0.25, -0.2) is 0 Å². The summed E-state index contributed by atoms with van der Waals surface area (Å²) >= 11 is 0.